The van der Waals surface area contributed by atoms with Crippen LogP contribution in [0.25, 0.3) is 10.8 Å². The van der Waals surface area contributed by atoms with Gasteiger partial charge in [-0.1, -0.05) is 42.5 Å². The fourth-order valence-electron chi connectivity index (χ4n) is 2.49. The number of pyridine rings is 1. The Balaban J connectivity index is 2.17. The van der Waals surface area contributed by atoms with E-state index in [1.807, 2.05) is 12.1 Å². The van der Waals surface area contributed by atoms with Gasteiger partial charge in [0.15, 0.2) is 0 Å². The van der Waals surface area contributed by atoms with Gasteiger partial charge < -0.3 is 10.6 Å². The molecule has 0 atom stereocenters. The summed E-state index contributed by atoms with van der Waals surface area (Å²) in [5.41, 5.74) is 6.96. The average molecular weight is 263 g/mol. The van der Waals surface area contributed by atoms with E-state index in [9.17, 15) is 0 Å². The molecule has 0 unspecified atom stereocenters. The van der Waals surface area contributed by atoms with Crippen LogP contribution in [0.5, 0.6) is 0 Å². The van der Waals surface area contributed by atoms with Crippen molar-refractivity contribution < 1.29 is 0 Å². The summed E-state index contributed by atoms with van der Waals surface area (Å²) in [7, 11) is 0. The van der Waals surface area contributed by atoms with E-state index >= 15 is 0 Å². The maximum atomic E-state index is 5.80. The van der Waals surface area contributed by atoms with Crippen LogP contribution < -0.4 is 10.6 Å². The van der Waals surface area contributed by atoms with Crippen LogP contribution in [0.15, 0.2) is 60.7 Å². The zero-order chi connectivity index (χ0) is 13.9. The molecule has 3 nitrogen and oxygen atoms in total. The summed E-state index contributed by atoms with van der Waals surface area (Å²) in [4.78, 5) is 6.61. The van der Waals surface area contributed by atoms with E-state index in [1.165, 1.54) is 10.8 Å². The minimum Gasteiger partial charge on any atom is -0.384 e. The molecule has 0 aliphatic rings. The summed E-state index contributed by atoms with van der Waals surface area (Å²) in [6.45, 7) is 2.96. The Labute approximate surface area is 118 Å². The highest BCUT2D eigenvalue weighted by molar-refractivity contribution is 5.95. The second-order valence-electron chi connectivity index (χ2n) is 4.66. The third-order valence-corrected chi connectivity index (χ3v) is 3.41. The maximum Gasteiger partial charge on any atom is 0.135 e. The number of nitrogen functional groups attached to an aromatic ring is 1. The normalized spacial score (nSPS) is 10.7. The molecule has 20 heavy (non-hydrogen) atoms. The molecule has 0 amide bonds. The molecule has 3 aromatic rings. The molecule has 0 aliphatic carbocycles. The quantitative estimate of drug-likeness (QED) is 0.777. The van der Waals surface area contributed by atoms with Gasteiger partial charge in [-0.05, 0) is 30.5 Å². The van der Waals surface area contributed by atoms with E-state index in [0.717, 1.165) is 18.1 Å². The van der Waals surface area contributed by atoms with Crippen LogP contribution in [-0.2, 0) is 0 Å². The fourth-order valence-corrected chi connectivity index (χ4v) is 2.49. The standard InChI is InChI=1S/C17H17N3/c1-2-20(17-12-6-11-16(18)19-17)15-10-5-8-13-7-3-4-9-14(13)15/h3-12H,2H2,1H3,(H2,18,19). The topological polar surface area (TPSA) is 42.1 Å². The molecule has 2 N–H and O–H groups in total. The second kappa shape index (κ2) is 5.21. The lowest BCUT2D eigenvalue weighted by atomic mass is 10.1. The summed E-state index contributed by atoms with van der Waals surface area (Å²) >= 11 is 0. The van der Waals surface area contributed by atoms with Crippen molar-refractivity contribution in [3.8, 4) is 0 Å². The molecule has 3 rings (SSSR count). The first-order valence-electron chi connectivity index (χ1n) is 6.77. The zero-order valence-electron chi connectivity index (χ0n) is 11.5. The molecule has 1 aromatic heterocycles. The first kappa shape index (κ1) is 12.5. The van der Waals surface area contributed by atoms with E-state index in [4.69, 9.17) is 5.73 Å². The number of rotatable bonds is 3. The van der Waals surface area contributed by atoms with E-state index < -0.39 is 0 Å². The van der Waals surface area contributed by atoms with Gasteiger partial charge >= 0.3 is 0 Å². The molecule has 100 valence electrons. The molecule has 0 spiro atoms. The van der Waals surface area contributed by atoms with Crippen LogP contribution in [0.3, 0.4) is 0 Å². The smallest absolute Gasteiger partial charge is 0.135 e. The first-order valence-corrected chi connectivity index (χ1v) is 6.77. The fraction of sp³-hybridized carbons (Fsp3) is 0.118. The molecule has 2 aromatic carbocycles. The third kappa shape index (κ3) is 2.18. The van der Waals surface area contributed by atoms with E-state index in [2.05, 4.69) is 59.3 Å². The highest BCUT2D eigenvalue weighted by atomic mass is 15.2. The lowest BCUT2D eigenvalue weighted by molar-refractivity contribution is 0.997. The van der Waals surface area contributed by atoms with Crippen LogP contribution in [0.2, 0.25) is 0 Å². The van der Waals surface area contributed by atoms with Gasteiger partial charge in [-0.25, -0.2) is 4.98 Å². The van der Waals surface area contributed by atoms with Gasteiger partial charge in [0.2, 0.25) is 0 Å². The van der Waals surface area contributed by atoms with Crippen molar-refractivity contribution in [1.29, 1.82) is 0 Å². The number of fused-ring (bicyclic) bond motifs is 1. The molecule has 0 bridgehead atoms. The Hall–Kier alpha value is -2.55. The minimum atomic E-state index is 0.543. The molecule has 0 fully saturated rings. The SMILES string of the molecule is CCN(c1cccc(N)n1)c1cccc2ccccc12. The number of anilines is 3. The molecule has 1 heterocycles. The summed E-state index contributed by atoms with van der Waals surface area (Å²) in [6.07, 6.45) is 0. The molecule has 0 saturated carbocycles. The summed E-state index contributed by atoms with van der Waals surface area (Å²) in [6, 6.07) is 20.4. The van der Waals surface area contributed by atoms with Gasteiger partial charge in [-0.2, -0.15) is 0 Å². The monoisotopic (exact) mass is 263 g/mol. The van der Waals surface area contributed by atoms with E-state index in [1.54, 1.807) is 6.07 Å². The number of hydrogen-bond acceptors (Lipinski definition) is 3. The lowest BCUT2D eigenvalue weighted by Crippen LogP contribution is -2.18. The molecular formula is C17H17N3. The lowest BCUT2D eigenvalue weighted by Gasteiger charge is -2.24. The van der Waals surface area contributed by atoms with Crippen molar-refractivity contribution in [3.63, 3.8) is 0 Å². The van der Waals surface area contributed by atoms with Gasteiger partial charge in [0.05, 0.1) is 5.69 Å². The molecule has 3 heteroatoms. The summed E-state index contributed by atoms with van der Waals surface area (Å²) < 4.78 is 0. The first-order chi connectivity index (χ1) is 9.79. The van der Waals surface area contributed by atoms with Gasteiger partial charge in [0.1, 0.15) is 11.6 Å². The highest BCUT2D eigenvalue weighted by Crippen LogP contribution is 2.31. The van der Waals surface area contributed by atoms with E-state index in [0.29, 0.717) is 5.82 Å². The Kier molecular flexibility index (Phi) is 3.25. The van der Waals surface area contributed by atoms with Gasteiger partial charge in [0.25, 0.3) is 0 Å². The van der Waals surface area contributed by atoms with Crippen LogP contribution >= 0.6 is 0 Å². The van der Waals surface area contributed by atoms with E-state index in [-0.39, 0.29) is 0 Å². The van der Waals surface area contributed by atoms with Crippen LogP contribution in [-0.4, -0.2) is 11.5 Å². The summed E-state index contributed by atoms with van der Waals surface area (Å²) in [5, 5.41) is 2.45. The van der Waals surface area contributed by atoms with Crippen molar-refractivity contribution in [2.24, 2.45) is 0 Å². The van der Waals surface area contributed by atoms with Gasteiger partial charge in [0, 0.05) is 11.9 Å². The molecule has 0 aliphatic heterocycles. The van der Waals surface area contributed by atoms with Crippen molar-refractivity contribution in [1.82, 2.24) is 4.98 Å². The molecule has 0 radical (unpaired) electrons. The Morgan fingerprint density at radius 2 is 1.70 bits per heavy atom. The average Bonchev–Trinajstić information content (AvgIpc) is 2.48. The largest absolute Gasteiger partial charge is 0.384 e. The Morgan fingerprint density at radius 3 is 2.50 bits per heavy atom. The van der Waals surface area contributed by atoms with Crippen molar-refractivity contribution in [2.45, 2.75) is 6.92 Å². The second-order valence-corrected chi connectivity index (χ2v) is 4.66. The number of benzene rings is 2. The number of hydrogen-bond donors (Lipinski definition) is 1. The van der Waals surface area contributed by atoms with Crippen LogP contribution in [0, 0.1) is 0 Å². The predicted molar refractivity (Wildman–Crippen MR) is 85.3 cm³/mol. The number of nitrogens with zero attached hydrogens (tertiary/aromatic N) is 2. The Morgan fingerprint density at radius 1 is 0.950 bits per heavy atom. The summed E-state index contributed by atoms with van der Waals surface area (Å²) in [5.74, 6) is 1.42. The highest BCUT2D eigenvalue weighted by Gasteiger charge is 2.11. The molecular weight excluding hydrogens is 246 g/mol. The van der Waals surface area contributed by atoms with Crippen molar-refractivity contribution >= 4 is 28.1 Å². The third-order valence-electron chi connectivity index (χ3n) is 3.41. The minimum absolute atomic E-state index is 0.543. The van der Waals surface area contributed by atoms with Crippen molar-refractivity contribution in [3.05, 3.63) is 60.7 Å². The van der Waals surface area contributed by atoms with Gasteiger partial charge in [-0.15, -0.1) is 0 Å². The maximum absolute atomic E-state index is 5.80. The number of nitrogens with two attached hydrogens (primary N) is 1. The van der Waals surface area contributed by atoms with Crippen LogP contribution in [0.1, 0.15) is 6.92 Å². The van der Waals surface area contributed by atoms with Crippen LogP contribution in [0.4, 0.5) is 17.3 Å². The zero-order valence-corrected chi connectivity index (χ0v) is 11.5. The Bertz CT molecular complexity index is 732. The van der Waals surface area contributed by atoms with Gasteiger partial charge in [-0.3, -0.25) is 0 Å². The predicted octanol–water partition coefficient (Wildman–Crippen LogP) is 3.98. The number of aromatic nitrogens is 1. The molecule has 0 saturated heterocycles. The van der Waals surface area contributed by atoms with Crippen molar-refractivity contribution in [2.75, 3.05) is 17.2 Å².